The smallest absolute Gasteiger partial charge is 0.347 e. The molecule has 6 heteroatoms. The van der Waals surface area contributed by atoms with Crippen LogP contribution in [-0.2, 0) is 11.3 Å². The highest BCUT2D eigenvalue weighted by atomic mass is 32.1. The van der Waals surface area contributed by atoms with Gasteiger partial charge in [-0.1, -0.05) is 18.2 Å². The number of carboxylic acid groups (broad SMARTS) is 1. The average molecular weight is 318 g/mol. The molecule has 1 aromatic carbocycles. The molecule has 2 heterocycles. The molecular weight excluding hydrogens is 300 g/mol. The maximum atomic E-state index is 11.1. The molecule has 1 saturated heterocycles. The number of aromatic carboxylic acids is 1. The number of rotatable bonds is 4. The van der Waals surface area contributed by atoms with Crippen molar-refractivity contribution in [1.29, 1.82) is 0 Å². The number of hydrogen-bond donors (Lipinski definition) is 1. The molecule has 0 bridgehead atoms. The van der Waals surface area contributed by atoms with Crippen LogP contribution >= 0.6 is 11.3 Å². The zero-order valence-corrected chi connectivity index (χ0v) is 13.2. The number of benzene rings is 1. The normalized spacial score (nSPS) is 15.9. The van der Waals surface area contributed by atoms with Gasteiger partial charge in [0, 0.05) is 25.2 Å². The molecule has 0 atom stereocenters. The summed E-state index contributed by atoms with van der Waals surface area (Å²) >= 11 is 1.23. The van der Waals surface area contributed by atoms with Gasteiger partial charge in [-0.3, -0.25) is 4.90 Å². The van der Waals surface area contributed by atoms with Crippen LogP contribution in [0, 0.1) is 6.92 Å². The molecule has 116 valence electrons. The molecule has 1 aromatic heterocycles. The van der Waals surface area contributed by atoms with E-state index in [-0.39, 0.29) is 0 Å². The van der Waals surface area contributed by atoms with Crippen molar-refractivity contribution >= 4 is 17.3 Å². The summed E-state index contributed by atoms with van der Waals surface area (Å²) in [4.78, 5) is 18.2. The summed E-state index contributed by atoms with van der Waals surface area (Å²) in [6, 6.07) is 8.17. The SMILES string of the molecule is Cc1nc(-c2cccc(CN3CCOCC3)c2)sc1C(=O)O. The van der Waals surface area contributed by atoms with E-state index in [0.29, 0.717) is 10.6 Å². The topological polar surface area (TPSA) is 62.7 Å². The van der Waals surface area contributed by atoms with E-state index < -0.39 is 5.97 Å². The minimum Gasteiger partial charge on any atom is -0.477 e. The van der Waals surface area contributed by atoms with Crippen molar-refractivity contribution in [1.82, 2.24) is 9.88 Å². The van der Waals surface area contributed by atoms with Crippen molar-refractivity contribution in [3.8, 4) is 10.6 Å². The first-order valence-electron chi connectivity index (χ1n) is 7.23. The Morgan fingerprint density at radius 1 is 1.41 bits per heavy atom. The highest BCUT2D eigenvalue weighted by molar-refractivity contribution is 7.17. The lowest BCUT2D eigenvalue weighted by Gasteiger charge is -2.26. The van der Waals surface area contributed by atoms with Crippen molar-refractivity contribution in [2.75, 3.05) is 26.3 Å². The van der Waals surface area contributed by atoms with E-state index in [9.17, 15) is 4.79 Å². The Hall–Kier alpha value is -1.76. The Morgan fingerprint density at radius 2 is 2.18 bits per heavy atom. The number of thiazole rings is 1. The number of nitrogens with zero attached hydrogens (tertiary/aromatic N) is 2. The molecule has 22 heavy (non-hydrogen) atoms. The molecule has 2 aromatic rings. The van der Waals surface area contributed by atoms with Gasteiger partial charge in [-0.15, -0.1) is 11.3 Å². The number of ether oxygens (including phenoxy) is 1. The Labute approximate surface area is 133 Å². The molecule has 0 spiro atoms. The zero-order chi connectivity index (χ0) is 15.5. The van der Waals surface area contributed by atoms with E-state index in [1.54, 1.807) is 6.92 Å². The summed E-state index contributed by atoms with van der Waals surface area (Å²) in [6.07, 6.45) is 0. The van der Waals surface area contributed by atoms with Crippen molar-refractivity contribution < 1.29 is 14.6 Å². The monoisotopic (exact) mass is 318 g/mol. The van der Waals surface area contributed by atoms with Gasteiger partial charge in [-0.05, 0) is 18.6 Å². The molecule has 0 aliphatic carbocycles. The van der Waals surface area contributed by atoms with E-state index in [2.05, 4.69) is 22.0 Å². The Morgan fingerprint density at radius 3 is 2.86 bits per heavy atom. The van der Waals surface area contributed by atoms with Crippen LogP contribution in [0.3, 0.4) is 0 Å². The summed E-state index contributed by atoms with van der Waals surface area (Å²) < 4.78 is 5.36. The summed E-state index contributed by atoms with van der Waals surface area (Å²) in [7, 11) is 0. The molecule has 1 N–H and O–H groups in total. The highest BCUT2D eigenvalue weighted by Crippen LogP contribution is 2.28. The third kappa shape index (κ3) is 3.35. The van der Waals surface area contributed by atoms with Gasteiger partial charge in [0.25, 0.3) is 0 Å². The minimum atomic E-state index is -0.911. The number of aromatic nitrogens is 1. The lowest BCUT2D eigenvalue weighted by Crippen LogP contribution is -2.35. The molecule has 0 radical (unpaired) electrons. The van der Waals surface area contributed by atoms with Crippen LogP contribution in [0.25, 0.3) is 10.6 Å². The first-order valence-corrected chi connectivity index (χ1v) is 8.05. The summed E-state index contributed by atoms with van der Waals surface area (Å²) in [5.74, 6) is -0.911. The van der Waals surface area contributed by atoms with E-state index in [4.69, 9.17) is 9.84 Å². The molecule has 1 aliphatic heterocycles. The van der Waals surface area contributed by atoms with Crippen LogP contribution in [-0.4, -0.2) is 47.3 Å². The molecule has 1 fully saturated rings. The van der Waals surface area contributed by atoms with Crippen molar-refractivity contribution in [2.45, 2.75) is 13.5 Å². The van der Waals surface area contributed by atoms with Gasteiger partial charge in [0.15, 0.2) is 0 Å². The van der Waals surface area contributed by atoms with Crippen LogP contribution < -0.4 is 0 Å². The number of carboxylic acids is 1. The van der Waals surface area contributed by atoms with Crippen LogP contribution in [0.4, 0.5) is 0 Å². The lowest BCUT2D eigenvalue weighted by atomic mass is 10.1. The van der Waals surface area contributed by atoms with Gasteiger partial charge in [0.05, 0.1) is 18.9 Å². The van der Waals surface area contributed by atoms with E-state index in [1.165, 1.54) is 16.9 Å². The fraction of sp³-hybridized carbons (Fsp3) is 0.375. The number of morpholine rings is 1. The van der Waals surface area contributed by atoms with Crippen LogP contribution in [0.1, 0.15) is 20.9 Å². The fourth-order valence-electron chi connectivity index (χ4n) is 2.54. The first-order chi connectivity index (χ1) is 10.6. The molecule has 0 unspecified atom stereocenters. The average Bonchev–Trinajstić information content (AvgIpc) is 2.91. The lowest BCUT2D eigenvalue weighted by molar-refractivity contribution is 0.0342. The maximum Gasteiger partial charge on any atom is 0.347 e. The van der Waals surface area contributed by atoms with Crippen molar-refractivity contribution in [2.24, 2.45) is 0 Å². The van der Waals surface area contributed by atoms with Gasteiger partial charge >= 0.3 is 5.97 Å². The predicted molar refractivity (Wildman–Crippen MR) is 85.3 cm³/mol. The second kappa shape index (κ2) is 6.56. The molecule has 1 aliphatic rings. The Kier molecular flexibility index (Phi) is 4.52. The van der Waals surface area contributed by atoms with Gasteiger partial charge < -0.3 is 9.84 Å². The van der Waals surface area contributed by atoms with Gasteiger partial charge in [-0.2, -0.15) is 0 Å². The summed E-state index contributed by atoms with van der Waals surface area (Å²) in [6.45, 7) is 6.09. The molecule has 0 saturated carbocycles. The molecule has 3 rings (SSSR count). The predicted octanol–water partition coefficient (Wildman–Crippen LogP) is 2.65. The standard InChI is InChI=1S/C16H18N2O3S/c1-11-14(16(19)20)22-15(17-11)13-4-2-3-12(9-13)10-18-5-7-21-8-6-18/h2-4,9H,5-8,10H2,1H3,(H,19,20). The quantitative estimate of drug-likeness (QED) is 0.939. The number of aryl methyl sites for hydroxylation is 1. The van der Waals surface area contributed by atoms with E-state index in [1.807, 2.05) is 12.1 Å². The largest absolute Gasteiger partial charge is 0.477 e. The van der Waals surface area contributed by atoms with E-state index >= 15 is 0 Å². The Bertz CT molecular complexity index is 678. The highest BCUT2D eigenvalue weighted by Gasteiger charge is 2.16. The van der Waals surface area contributed by atoms with E-state index in [0.717, 1.165) is 43.4 Å². The van der Waals surface area contributed by atoms with Crippen molar-refractivity contribution in [3.63, 3.8) is 0 Å². The third-order valence-electron chi connectivity index (χ3n) is 3.67. The zero-order valence-electron chi connectivity index (χ0n) is 12.4. The second-order valence-electron chi connectivity index (χ2n) is 5.33. The fourth-order valence-corrected chi connectivity index (χ4v) is 3.44. The van der Waals surface area contributed by atoms with Crippen LogP contribution in [0.2, 0.25) is 0 Å². The number of hydrogen-bond acceptors (Lipinski definition) is 5. The summed E-state index contributed by atoms with van der Waals surface area (Å²) in [5.41, 5.74) is 2.77. The first kappa shape index (κ1) is 15.1. The van der Waals surface area contributed by atoms with Crippen LogP contribution in [0.15, 0.2) is 24.3 Å². The summed E-state index contributed by atoms with van der Waals surface area (Å²) in [5, 5.41) is 9.91. The Balaban J connectivity index is 1.81. The third-order valence-corrected chi connectivity index (χ3v) is 4.87. The van der Waals surface area contributed by atoms with Crippen LogP contribution in [0.5, 0.6) is 0 Å². The molecule has 0 amide bonds. The molecule has 5 nitrogen and oxygen atoms in total. The minimum absolute atomic E-state index is 0.314. The number of carbonyl (C=O) groups is 1. The van der Waals surface area contributed by atoms with Crippen molar-refractivity contribution in [3.05, 3.63) is 40.4 Å². The van der Waals surface area contributed by atoms with Gasteiger partial charge in [0.1, 0.15) is 9.88 Å². The van der Waals surface area contributed by atoms with Gasteiger partial charge in [-0.25, -0.2) is 9.78 Å². The maximum absolute atomic E-state index is 11.1. The second-order valence-corrected chi connectivity index (χ2v) is 6.33. The van der Waals surface area contributed by atoms with Gasteiger partial charge in [0.2, 0.25) is 0 Å². The molecular formula is C16H18N2O3S.